The third-order valence-electron chi connectivity index (χ3n) is 2.96. The van der Waals surface area contributed by atoms with Gasteiger partial charge in [0.25, 0.3) is 0 Å². The topological polar surface area (TPSA) is 34.1 Å². The minimum Gasteiger partial charge on any atom is -0.439 e. The monoisotopic (exact) mass is 290 g/mol. The number of para-hydroxylation sites is 1. The first-order valence-electron chi connectivity index (χ1n) is 6.79. The molecule has 1 aromatic carbocycles. The highest BCUT2D eigenvalue weighted by atomic mass is 35.5. The summed E-state index contributed by atoms with van der Waals surface area (Å²) < 4.78 is 5.81. The van der Waals surface area contributed by atoms with E-state index in [0.29, 0.717) is 10.9 Å². The smallest absolute Gasteiger partial charge is 0.219 e. The quantitative estimate of drug-likeness (QED) is 0.804. The van der Waals surface area contributed by atoms with E-state index in [0.717, 1.165) is 36.4 Å². The lowest BCUT2D eigenvalue weighted by Gasteiger charge is -2.10. The van der Waals surface area contributed by atoms with Crippen molar-refractivity contribution < 1.29 is 4.74 Å². The first kappa shape index (κ1) is 14.8. The van der Waals surface area contributed by atoms with Crippen LogP contribution in [0.3, 0.4) is 0 Å². The number of benzene rings is 1. The number of hydrogen-bond donors (Lipinski definition) is 1. The lowest BCUT2D eigenvalue weighted by Crippen LogP contribution is -2.14. The number of nitrogens with one attached hydrogen (secondary N) is 1. The normalized spacial score (nSPS) is 10.6. The molecular weight excluding hydrogens is 272 g/mol. The fourth-order valence-corrected chi connectivity index (χ4v) is 2.00. The Hall–Kier alpha value is -1.58. The molecule has 106 valence electrons. The Bertz CT molecular complexity index is 572. The van der Waals surface area contributed by atoms with Crippen molar-refractivity contribution >= 4 is 11.6 Å². The van der Waals surface area contributed by atoms with E-state index in [9.17, 15) is 0 Å². The molecule has 2 aromatic rings. The summed E-state index contributed by atoms with van der Waals surface area (Å²) in [5.41, 5.74) is 2.08. The van der Waals surface area contributed by atoms with Crippen LogP contribution in [0.1, 0.15) is 24.5 Å². The number of aryl methyl sites for hydroxylation is 1. The fraction of sp³-hybridized carbons (Fsp3) is 0.312. The second-order valence-corrected chi connectivity index (χ2v) is 5.07. The molecule has 0 saturated heterocycles. The highest BCUT2D eigenvalue weighted by molar-refractivity contribution is 6.31. The van der Waals surface area contributed by atoms with E-state index in [1.54, 1.807) is 6.20 Å². The molecule has 0 radical (unpaired) electrons. The van der Waals surface area contributed by atoms with Crippen LogP contribution in [0.4, 0.5) is 0 Å². The van der Waals surface area contributed by atoms with Crippen molar-refractivity contribution in [2.45, 2.75) is 26.8 Å². The molecular formula is C16H19ClN2O. The highest BCUT2D eigenvalue weighted by Gasteiger charge is 2.06. The largest absolute Gasteiger partial charge is 0.439 e. The van der Waals surface area contributed by atoms with Gasteiger partial charge in [0.15, 0.2) is 0 Å². The number of ether oxygens (including phenoxy) is 1. The number of halogens is 1. The summed E-state index contributed by atoms with van der Waals surface area (Å²) in [6.45, 7) is 5.83. The van der Waals surface area contributed by atoms with Crippen LogP contribution in [0.2, 0.25) is 5.02 Å². The number of nitrogens with zero attached hydrogens (tertiary/aromatic N) is 1. The number of hydrogen-bond acceptors (Lipinski definition) is 3. The van der Waals surface area contributed by atoms with E-state index in [1.807, 2.05) is 37.3 Å². The molecule has 0 amide bonds. The van der Waals surface area contributed by atoms with E-state index >= 15 is 0 Å². The Balaban J connectivity index is 2.13. The first-order chi connectivity index (χ1) is 9.70. The molecule has 1 aromatic heterocycles. The van der Waals surface area contributed by atoms with Gasteiger partial charge in [-0.2, -0.15) is 0 Å². The molecule has 20 heavy (non-hydrogen) atoms. The van der Waals surface area contributed by atoms with E-state index in [1.165, 1.54) is 0 Å². The van der Waals surface area contributed by atoms with Gasteiger partial charge in [0, 0.05) is 18.8 Å². The van der Waals surface area contributed by atoms with Gasteiger partial charge in [-0.3, -0.25) is 0 Å². The van der Waals surface area contributed by atoms with Gasteiger partial charge in [0.2, 0.25) is 5.88 Å². The van der Waals surface area contributed by atoms with E-state index in [2.05, 4.69) is 17.2 Å². The zero-order valence-electron chi connectivity index (χ0n) is 11.8. The van der Waals surface area contributed by atoms with Gasteiger partial charge in [0.1, 0.15) is 5.75 Å². The lowest BCUT2D eigenvalue weighted by atomic mass is 10.2. The van der Waals surface area contributed by atoms with Crippen LogP contribution in [0.5, 0.6) is 11.6 Å². The molecule has 3 nitrogen and oxygen atoms in total. The number of aromatic nitrogens is 1. The van der Waals surface area contributed by atoms with Crippen molar-refractivity contribution in [3.05, 3.63) is 52.7 Å². The summed E-state index contributed by atoms with van der Waals surface area (Å²) in [6, 6.07) is 9.76. The molecule has 1 N–H and O–H groups in total. The SMILES string of the molecule is CCCNCc1cc(Oc2ccccc2C)ncc1Cl. The molecule has 0 bridgehead atoms. The molecule has 0 unspecified atom stereocenters. The fourth-order valence-electron chi connectivity index (χ4n) is 1.83. The Morgan fingerprint density at radius 2 is 2.10 bits per heavy atom. The highest BCUT2D eigenvalue weighted by Crippen LogP contribution is 2.26. The summed E-state index contributed by atoms with van der Waals surface area (Å²) in [7, 11) is 0. The Morgan fingerprint density at radius 1 is 1.30 bits per heavy atom. The van der Waals surface area contributed by atoms with Crippen molar-refractivity contribution in [1.82, 2.24) is 10.3 Å². The average Bonchev–Trinajstić information content (AvgIpc) is 2.45. The van der Waals surface area contributed by atoms with Gasteiger partial charge >= 0.3 is 0 Å². The molecule has 0 saturated carbocycles. The Kier molecular flexibility index (Phi) is 5.39. The molecule has 0 fully saturated rings. The molecule has 0 atom stereocenters. The lowest BCUT2D eigenvalue weighted by molar-refractivity contribution is 0.458. The number of pyridine rings is 1. The summed E-state index contributed by atoms with van der Waals surface area (Å²) in [4.78, 5) is 4.22. The average molecular weight is 291 g/mol. The van der Waals surface area contributed by atoms with Crippen LogP contribution in [-0.4, -0.2) is 11.5 Å². The second kappa shape index (κ2) is 7.27. The van der Waals surface area contributed by atoms with E-state index in [4.69, 9.17) is 16.3 Å². The van der Waals surface area contributed by atoms with Crippen LogP contribution in [0, 0.1) is 6.92 Å². The van der Waals surface area contributed by atoms with Crippen LogP contribution in [0.15, 0.2) is 36.5 Å². The van der Waals surface area contributed by atoms with Crippen LogP contribution < -0.4 is 10.1 Å². The molecule has 0 aliphatic carbocycles. The van der Waals surface area contributed by atoms with E-state index in [-0.39, 0.29) is 0 Å². The van der Waals surface area contributed by atoms with Crippen LogP contribution in [-0.2, 0) is 6.54 Å². The van der Waals surface area contributed by atoms with Gasteiger partial charge in [-0.15, -0.1) is 0 Å². The second-order valence-electron chi connectivity index (χ2n) is 4.66. The van der Waals surface area contributed by atoms with Crippen molar-refractivity contribution in [3.63, 3.8) is 0 Å². The van der Waals surface area contributed by atoms with Crippen molar-refractivity contribution in [3.8, 4) is 11.6 Å². The van der Waals surface area contributed by atoms with Crippen molar-refractivity contribution in [2.75, 3.05) is 6.54 Å². The first-order valence-corrected chi connectivity index (χ1v) is 7.17. The molecule has 2 rings (SSSR count). The predicted molar refractivity (Wildman–Crippen MR) is 82.5 cm³/mol. The predicted octanol–water partition coefficient (Wildman–Crippen LogP) is 4.34. The minimum atomic E-state index is 0.567. The summed E-state index contributed by atoms with van der Waals surface area (Å²) >= 11 is 6.15. The standard InChI is InChI=1S/C16H19ClN2O/c1-3-8-18-10-13-9-16(19-11-14(13)17)20-15-7-5-4-6-12(15)2/h4-7,9,11,18H,3,8,10H2,1-2H3. The molecule has 4 heteroatoms. The van der Waals surface area contributed by atoms with E-state index < -0.39 is 0 Å². The van der Waals surface area contributed by atoms with Gasteiger partial charge in [-0.1, -0.05) is 36.7 Å². The minimum absolute atomic E-state index is 0.567. The third-order valence-corrected chi connectivity index (χ3v) is 3.30. The third kappa shape index (κ3) is 3.95. The van der Waals surface area contributed by atoms with Crippen LogP contribution in [0.25, 0.3) is 0 Å². The molecule has 1 heterocycles. The molecule has 0 aliphatic heterocycles. The van der Waals surface area contributed by atoms with Crippen LogP contribution >= 0.6 is 11.6 Å². The molecule has 0 spiro atoms. The summed E-state index contributed by atoms with van der Waals surface area (Å²) in [5, 5.41) is 3.98. The maximum Gasteiger partial charge on any atom is 0.219 e. The maximum absolute atomic E-state index is 6.15. The van der Waals surface area contributed by atoms with Gasteiger partial charge < -0.3 is 10.1 Å². The summed E-state index contributed by atoms with van der Waals surface area (Å²) in [6.07, 6.45) is 2.73. The van der Waals surface area contributed by atoms with Crippen molar-refractivity contribution in [2.24, 2.45) is 0 Å². The zero-order chi connectivity index (χ0) is 14.4. The number of rotatable bonds is 6. The Labute approximate surface area is 124 Å². The zero-order valence-corrected chi connectivity index (χ0v) is 12.6. The maximum atomic E-state index is 6.15. The Morgan fingerprint density at radius 3 is 2.85 bits per heavy atom. The van der Waals surface area contributed by atoms with Gasteiger partial charge in [-0.05, 0) is 37.1 Å². The molecule has 0 aliphatic rings. The van der Waals surface area contributed by atoms with Crippen molar-refractivity contribution in [1.29, 1.82) is 0 Å². The van der Waals surface area contributed by atoms with Gasteiger partial charge in [-0.25, -0.2) is 4.98 Å². The van der Waals surface area contributed by atoms with Gasteiger partial charge in [0.05, 0.1) is 5.02 Å². The summed E-state index contributed by atoms with van der Waals surface area (Å²) in [5.74, 6) is 1.38.